The van der Waals surface area contributed by atoms with Gasteiger partial charge in [-0.2, -0.15) is 0 Å². The number of hydrogen-bond acceptors (Lipinski definition) is 6. The van der Waals surface area contributed by atoms with E-state index in [-0.39, 0.29) is 16.3 Å². The monoisotopic (exact) mass is 528 g/mol. The Labute approximate surface area is 211 Å². The van der Waals surface area contributed by atoms with Crippen LogP contribution in [0.5, 0.6) is 5.75 Å². The summed E-state index contributed by atoms with van der Waals surface area (Å²) in [5, 5.41) is 2.85. The second-order valence-electron chi connectivity index (χ2n) is 9.00. The van der Waals surface area contributed by atoms with Crippen LogP contribution in [0.1, 0.15) is 29.7 Å². The molecule has 4 rings (SSSR count). The van der Waals surface area contributed by atoms with Crippen LogP contribution in [0.15, 0.2) is 76.5 Å². The average molecular weight is 529 g/mol. The zero-order chi connectivity index (χ0) is 26.3. The normalized spacial score (nSPS) is 16.6. The van der Waals surface area contributed by atoms with Gasteiger partial charge in [-0.3, -0.25) is 9.10 Å². The molecule has 36 heavy (non-hydrogen) atoms. The van der Waals surface area contributed by atoms with Crippen molar-refractivity contribution in [2.45, 2.75) is 42.7 Å². The fourth-order valence-corrected chi connectivity index (χ4v) is 6.05. The zero-order valence-corrected chi connectivity index (χ0v) is 22.1. The van der Waals surface area contributed by atoms with E-state index in [0.29, 0.717) is 17.0 Å². The molecule has 0 spiro atoms. The second-order valence-corrected chi connectivity index (χ2v) is 12.9. The van der Waals surface area contributed by atoms with Gasteiger partial charge >= 0.3 is 0 Å². The van der Waals surface area contributed by atoms with Crippen molar-refractivity contribution in [2.24, 2.45) is 0 Å². The Morgan fingerprint density at radius 2 is 1.50 bits per heavy atom. The number of sulfone groups is 1. The molecular formula is C26H28N2O6S2. The molecule has 1 N–H and O–H groups in total. The van der Waals surface area contributed by atoms with Crippen LogP contribution in [0.4, 0.5) is 5.69 Å². The topological polar surface area (TPSA) is 110 Å². The minimum atomic E-state index is -3.96. The highest BCUT2D eigenvalue weighted by Gasteiger charge is 2.38. The van der Waals surface area contributed by atoms with Crippen molar-refractivity contribution in [1.29, 1.82) is 0 Å². The maximum Gasteiger partial charge on any atom is 0.264 e. The van der Waals surface area contributed by atoms with Crippen molar-refractivity contribution in [3.05, 3.63) is 83.4 Å². The number of hydrogen-bond donors (Lipinski definition) is 1. The van der Waals surface area contributed by atoms with Gasteiger partial charge in [0.2, 0.25) is 0 Å². The summed E-state index contributed by atoms with van der Waals surface area (Å²) in [4.78, 5) is 13.5. The van der Waals surface area contributed by atoms with Crippen molar-refractivity contribution >= 4 is 31.5 Å². The average Bonchev–Trinajstić information content (AvgIpc) is 2.83. The Bertz CT molecular complexity index is 1500. The van der Waals surface area contributed by atoms with Crippen LogP contribution >= 0.6 is 0 Å². The summed E-state index contributed by atoms with van der Waals surface area (Å²) in [6, 6.07) is 17.5. The first kappa shape index (κ1) is 25.7. The molecule has 0 aliphatic carbocycles. The van der Waals surface area contributed by atoms with Crippen LogP contribution in [0.2, 0.25) is 0 Å². The van der Waals surface area contributed by atoms with Crippen molar-refractivity contribution in [1.82, 2.24) is 5.32 Å². The number of benzene rings is 3. The van der Waals surface area contributed by atoms with Gasteiger partial charge < -0.3 is 10.1 Å². The van der Waals surface area contributed by atoms with Crippen LogP contribution in [0, 0.1) is 13.8 Å². The lowest BCUT2D eigenvalue weighted by Gasteiger charge is -2.35. The van der Waals surface area contributed by atoms with Gasteiger partial charge in [-0.1, -0.05) is 35.9 Å². The van der Waals surface area contributed by atoms with Gasteiger partial charge in [0.05, 0.1) is 28.1 Å². The first-order valence-corrected chi connectivity index (χ1v) is 14.7. The smallest absolute Gasteiger partial charge is 0.264 e. The molecular weight excluding hydrogens is 500 g/mol. The minimum absolute atomic E-state index is 0.126. The maximum atomic E-state index is 13.6. The van der Waals surface area contributed by atoms with Crippen molar-refractivity contribution < 1.29 is 26.4 Å². The van der Waals surface area contributed by atoms with Crippen LogP contribution in [-0.4, -0.2) is 41.6 Å². The molecule has 0 fully saturated rings. The maximum absolute atomic E-state index is 13.6. The molecule has 1 amide bonds. The fourth-order valence-electron chi connectivity index (χ4n) is 3.96. The highest BCUT2D eigenvalue weighted by Crippen LogP contribution is 2.38. The number of anilines is 1. The summed E-state index contributed by atoms with van der Waals surface area (Å²) < 4.78 is 57.7. The number of amides is 1. The number of ether oxygens (including phenoxy) is 1. The van der Waals surface area contributed by atoms with Crippen LogP contribution in [-0.2, 0) is 24.7 Å². The van der Waals surface area contributed by atoms with Crippen molar-refractivity contribution in [3.63, 3.8) is 0 Å². The van der Waals surface area contributed by atoms with Gasteiger partial charge in [0.1, 0.15) is 5.75 Å². The van der Waals surface area contributed by atoms with E-state index >= 15 is 0 Å². The number of nitrogens with one attached hydrogen (secondary N) is 1. The molecule has 8 nitrogen and oxygen atoms in total. The fraction of sp³-hybridized carbons (Fsp3) is 0.269. The predicted octanol–water partition coefficient (Wildman–Crippen LogP) is 3.54. The van der Waals surface area contributed by atoms with Crippen LogP contribution in [0.25, 0.3) is 0 Å². The molecule has 1 aliphatic heterocycles. The lowest BCUT2D eigenvalue weighted by atomic mass is 10.1. The molecule has 1 aliphatic rings. The molecule has 3 aromatic rings. The van der Waals surface area contributed by atoms with E-state index in [1.54, 1.807) is 61.5 Å². The summed E-state index contributed by atoms with van der Waals surface area (Å²) in [7, 11) is -7.29. The number of carbonyl (C=O) groups excluding carboxylic acids is 1. The predicted molar refractivity (Wildman–Crippen MR) is 137 cm³/mol. The summed E-state index contributed by atoms with van der Waals surface area (Å²) in [6.45, 7) is 5.29. The van der Waals surface area contributed by atoms with E-state index in [9.17, 15) is 21.6 Å². The number of fused-ring (bicyclic) bond motifs is 1. The number of sulfonamides is 1. The zero-order valence-electron chi connectivity index (χ0n) is 20.4. The molecule has 0 radical (unpaired) electrons. The second kappa shape index (κ2) is 9.59. The molecule has 0 bridgehead atoms. The van der Waals surface area contributed by atoms with E-state index in [1.807, 2.05) is 13.8 Å². The number of aryl methyl sites for hydroxylation is 2. The largest absolute Gasteiger partial charge is 0.476 e. The van der Waals surface area contributed by atoms with Crippen LogP contribution in [0.3, 0.4) is 0 Å². The van der Waals surface area contributed by atoms with Crippen molar-refractivity contribution in [3.8, 4) is 5.75 Å². The molecule has 2 atom stereocenters. The summed E-state index contributed by atoms with van der Waals surface area (Å²) in [5.74, 6) is -0.183. The quantitative estimate of drug-likeness (QED) is 0.524. The lowest BCUT2D eigenvalue weighted by molar-refractivity contribution is -0.128. The Morgan fingerprint density at radius 3 is 2.11 bits per heavy atom. The first-order valence-electron chi connectivity index (χ1n) is 11.3. The van der Waals surface area contributed by atoms with E-state index in [1.165, 1.54) is 16.4 Å². The molecule has 0 aromatic heterocycles. The minimum Gasteiger partial charge on any atom is -0.476 e. The number of nitrogens with zero attached hydrogens (tertiary/aromatic N) is 1. The highest BCUT2D eigenvalue weighted by atomic mass is 32.2. The van der Waals surface area contributed by atoms with Gasteiger partial charge in [0.15, 0.2) is 15.9 Å². The Morgan fingerprint density at radius 1 is 0.917 bits per heavy atom. The SMILES string of the molecule is Cc1ccc(S(=O)(=O)N2C[C@@H](C(=O)N[C@H](C)c3ccc(S(C)(=O)=O)cc3)Oc3ccc(C)cc32)cc1. The molecule has 3 aromatic carbocycles. The third kappa shape index (κ3) is 5.24. The van der Waals surface area contributed by atoms with E-state index in [4.69, 9.17) is 4.74 Å². The Kier molecular flexibility index (Phi) is 6.85. The third-order valence-corrected chi connectivity index (χ3v) is 8.97. The van der Waals surface area contributed by atoms with Gasteiger partial charge in [-0.25, -0.2) is 16.8 Å². The molecule has 0 saturated heterocycles. The number of carbonyl (C=O) groups is 1. The van der Waals surface area contributed by atoms with Gasteiger partial charge in [0.25, 0.3) is 15.9 Å². The van der Waals surface area contributed by atoms with E-state index < -0.39 is 37.9 Å². The molecule has 10 heteroatoms. The standard InChI is InChI=1S/C26H28N2O6S2/c1-17-5-10-22(11-6-17)36(32,33)28-16-25(34-24-14-7-18(2)15-23(24)28)26(29)27-19(3)20-8-12-21(13-9-20)35(4,30)31/h5-15,19,25H,16H2,1-4H3,(H,27,29)/t19-,25+/m1/s1. The van der Waals surface area contributed by atoms with Crippen LogP contribution < -0.4 is 14.4 Å². The molecule has 190 valence electrons. The first-order chi connectivity index (χ1) is 16.9. The van der Waals surface area contributed by atoms with Gasteiger partial charge in [0, 0.05) is 6.26 Å². The Hall–Kier alpha value is -3.37. The molecule has 0 saturated carbocycles. The molecule has 0 unspecified atom stereocenters. The number of rotatable bonds is 6. The summed E-state index contributed by atoms with van der Waals surface area (Å²) >= 11 is 0. The Balaban J connectivity index is 1.60. The van der Waals surface area contributed by atoms with Crippen molar-refractivity contribution in [2.75, 3.05) is 17.1 Å². The summed E-state index contributed by atoms with van der Waals surface area (Å²) in [5.41, 5.74) is 2.87. The van der Waals surface area contributed by atoms with E-state index in [0.717, 1.165) is 17.4 Å². The van der Waals surface area contributed by atoms with Gasteiger partial charge in [-0.15, -0.1) is 0 Å². The molecule has 1 heterocycles. The lowest BCUT2D eigenvalue weighted by Crippen LogP contribution is -2.51. The van der Waals surface area contributed by atoms with E-state index in [2.05, 4.69) is 5.32 Å². The highest BCUT2D eigenvalue weighted by molar-refractivity contribution is 7.92. The van der Waals surface area contributed by atoms with Gasteiger partial charge in [-0.05, 0) is 68.3 Å². The summed E-state index contributed by atoms with van der Waals surface area (Å²) in [6.07, 6.45) is 0.0433. The third-order valence-electron chi connectivity index (χ3n) is 6.05.